The molecule has 2 aromatic heterocycles. The Kier molecular flexibility index (Phi) is 2.34. The fraction of sp³-hybridized carbons (Fsp3) is 0. The highest BCUT2D eigenvalue weighted by molar-refractivity contribution is 7.07. The predicted molar refractivity (Wildman–Crippen MR) is 64.1 cm³/mol. The third kappa shape index (κ3) is 1.65. The van der Waals surface area contributed by atoms with Gasteiger partial charge in [-0.15, -0.1) is 11.3 Å². The minimum absolute atomic E-state index is 0.164. The van der Waals surface area contributed by atoms with Crippen molar-refractivity contribution in [1.82, 2.24) is 15.0 Å². The van der Waals surface area contributed by atoms with Crippen molar-refractivity contribution in [3.63, 3.8) is 0 Å². The first kappa shape index (κ1) is 10.8. The molecule has 2 heterocycles. The van der Waals surface area contributed by atoms with Crippen LogP contribution in [-0.4, -0.2) is 26.0 Å². The molecule has 0 fully saturated rings. The smallest absolute Gasteiger partial charge is 0.338 e. The number of halogens is 1. The van der Waals surface area contributed by atoms with Gasteiger partial charge in [0.1, 0.15) is 17.0 Å². The number of carbonyl (C=O) groups is 1. The Morgan fingerprint density at radius 3 is 2.94 bits per heavy atom. The predicted octanol–water partition coefficient (Wildman–Crippen LogP) is 2.52. The Morgan fingerprint density at radius 2 is 2.28 bits per heavy atom. The number of carboxylic acids is 1. The van der Waals surface area contributed by atoms with Crippen molar-refractivity contribution in [3.05, 3.63) is 34.4 Å². The average molecular weight is 263 g/mol. The first-order chi connectivity index (χ1) is 8.65. The summed E-state index contributed by atoms with van der Waals surface area (Å²) in [5, 5.41) is 10.8. The molecule has 2 N–H and O–H groups in total. The SMILES string of the molecule is O=C(O)c1cc(F)cc2[nH]c(-c3cscn3)nc12. The molecule has 3 aromatic rings. The van der Waals surface area contributed by atoms with Crippen molar-refractivity contribution in [1.29, 1.82) is 0 Å². The molecule has 5 nitrogen and oxygen atoms in total. The second-order valence-corrected chi connectivity index (χ2v) is 4.33. The van der Waals surface area contributed by atoms with Gasteiger partial charge in [0.15, 0.2) is 5.82 Å². The van der Waals surface area contributed by atoms with E-state index in [4.69, 9.17) is 5.11 Å². The molecule has 0 amide bonds. The monoisotopic (exact) mass is 263 g/mol. The Hall–Kier alpha value is -2.28. The van der Waals surface area contributed by atoms with E-state index in [0.717, 1.165) is 6.07 Å². The van der Waals surface area contributed by atoms with Crippen LogP contribution >= 0.6 is 11.3 Å². The van der Waals surface area contributed by atoms with Crippen molar-refractivity contribution in [2.75, 3.05) is 0 Å². The number of carboxylic acid groups (broad SMARTS) is 1. The zero-order valence-electron chi connectivity index (χ0n) is 8.85. The van der Waals surface area contributed by atoms with Gasteiger partial charge >= 0.3 is 5.97 Å². The molecule has 0 saturated heterocycles. The number of benzene rings is 1. The van der Waals surface area contributed by atoms with Gasteiger partial charge in [0.25, 0.3) is 0 Å². The molecule has 0 aliphatic rings. The number of aromatic carboxylic acids is 1. The third-order valence-electron chi connectivity index (χ3n) is 2.46. The van der Waals surface area contributed by atoms with Gasteiger partial charge in [-0.2, -0.15) is 0 Å². The number of aromatic nitrogens is 3. The van der Waals surface area contributed by atoms with Crippen LogP contribution in [0.5, 0.6) is 0 Å². The molecule has 0 aliphatic carbocycles. The zero-order chi connectivity index (χ0) is 12.7. The first-order valence-electron chi connectivity index (χ1n) is 4.96. The molecule has 0 aliphatic heterocycles. The maximum Gasteiger partial charge on any atom is 0.338 e. The second-order valence-electron chi connectivity index (χ2n) is 3.61. The maximum atomic E-state index is 13.3. The summed E-state index contributed by atoms with van der Waals surface area (Å²) in [6.45, 7) is 0. The van der Waals surface area contributed by atoms with Crippen molar-refractivity contribution >= 4 is 28.3 Å². The molecule has 1 aromatic carbocycles. The number of H-pyrrole nitrogens is 1. The van der Waals surface area contributed by atoms with Crippen LogP contribution in [0.15, 0.2) is 23.0 Å². The number of hydrogen-bond donors (Lipinski definition) is 2. The van der Waals surface area contributed by atoms with Gasteiger partial charge in [0, 0.05) is 5.38 Å². The highest BCUT2D eigenvalue weighted by Crippen LogP contribution is 2.23. The van der Waals surface area contributed by atoms with Crippen molar-refractivity contribution in [3.8, 4) is 11.5 Å². The van der Waals surface area contributed by atoms with E-state index in [2.05, 4.69) is 15.0 Å². The van der Waals surface area contributed by atoms with Gasteiger partial charge in [-0.05, 0) is 12.1 Å². The number of nitrogens with one attached hydrogen (secondary N) is 1. The van der Waals surface area contributed by atoms with Gasteiger partial charge in [-0.3, -0.25) is 0 Å². The Bertz CT molecular complexity index is 736. The van der Waals surface area contributed by atoms with Crippen LogP contribution in [0.25, 0.3) is 22.6 Å². The van der Waals surface area contributed by atoms with E-state index in [1.807, 2.05) is 0 Å². The Labute approximate surface area is 104 Å². The van der Waals surface area contributed by atoms with E-state index in [1.165, 1.54) is 17.4 Å². The van der Waals surface area contributed by atoms with Gasteiger partial charge in [-0.25, -0.2) is 19.2 Å². The lowest BCUT2D eigenvalue weighted by Crippen LogP contribution is -1.98. The molecule has 7 heteroatoms. The van der Waals surface area contributed by atoms with E-state index >= 15 is 0 Å². The van der Waals surface area contributed by atoms with E-state index in [0.29, 0.717) is 17.0 Å². The van der Waals surface area contributed by atoms with E-state index in [9.17, 15) is 9.18 Å². The average Bonchev–Trinajstić information content (AvgIpc) is 2.95. The number of imidazole rings is 1. The standard InChI is InChI=1S/C11H6FN3O2S/c12-5-1-6(11(16)17)9-7(2-5)14-10(15-9)8-3-18-4-13-8/h1-4H,(H,14,15)(H,16,17). The summed E-state index contributed by atoms with van der Waals surface area (Å²) in [7, 11) is 0. The molecule has 3 rings (SSSR count). The minimum atomic E-state index is -1.21. The van der Waals surface area contributed by atoms with Gasteiger partial charge in [0.05, 0.1) is 16.6 Å². The molecule has 0 atom stereocenters. The quantitative estimate of drug-likeness (QED) is 0.744. The van der Waals surface area contributed by atoms with Crippen molar-refractivity contribution in [2.45, 2.75) is 0 Å². The molecule has 18 heavy (non-hydrogen) atoms. The van der Waals surface area contributed by atoms with E-state index in [-0.39, 0.29) is 11.1 Å². The summed E-state index contributed by atoms with van der Waals surface area (Å²) in [4.78, 5) is 22.1. The molecule has 0 unspecified atom stereocenters. The van der Waals surface area contributed by atoms with Crippen LogP contribution in [0, 0.1) is 5.82 Å². The van der Waals surface area contributed by atoms with E-state index < -0.39 is 11.8 Å². The topological polar surface area (TPSA) is 78.9 Å². The highest BCUT2D eigenvalue weighted by atomic mass is 32.1. The lowest BCUT2D eigenvalue weighted by Gasteiger charge is -1.95. The Morgan fingerprint density at radius 1 is 1.44 bits per heavy atom. The summed E-state index contributed by atoms with van der Waals surface area (Å²) in [5.41, 5.74) is 2.65. The largest absolute Gasteiger partial charge is 0.478 e. The Balaban J connectivity index is 2.29. The fourth-order valence-electron chi connectivity index (χ4n) is 1.70. The van der Waals surface area contributed by atoms with Crippen LogP contribution in [0.4, 0.5) is 4.39 Å². The number of fused-ring (bicyclic) bond motifs is 1. The molecule has 0 bridgehead atoms. The zero-order valence-corrected chi connectivity index (χ0v) is 9.66. The summed E-state index contributed by atoms with van der Waals surface area (Å²) in [6, 6.07) is 2.17. The first-order valence-corrected chi connectivity index (χ1v) is 5.90. The van der Waals surface area contributed by atoms with Crippen molar-refractivity contribution < 1.29 is 14.3 Å². The lowest BCUT2D eigenvalue weighted by atomic mass is 10.2. The highest BCUT2D eigenvalue weighted by Gasteiger charge is 2.16. The molecular formula is C11H6FN3O2S. The molecular weight excluding hydrogens is 257 g/mol. The van der Waals surface area contributed by atoms with Crippen LogP contribution in [0.2, 0.25) is 0 Å². The number of aromatic amines is 1. The second kappa shape index (κ2) is 3.88. The van der Waals surface area contributed by atoms with Crippen LogP contribution in [-0.2, 0) is 0 Å². The van der Waals surface area contributed by atoms with Gasteiger partial charge in [0.2, 0.25) is 0 Å². The number of rotatable bonds is 2. The van der Waals surface area contributed by atoms with Crippen LogP contribution < -0.4 is 0 Å². The van der Waals surface area contributed by atoms with Crippen LogP contribution in [0.1, 0.15) is 10.4 Å². The lowest BCUT2D eigenvalue weighted by molar-refractivity contribution is 0.0698. The third-order valence-corrected chi connectivity index (χ3v) is 3.04. The molecule has 0 spiro atoms. The summed E-state index contributed by atoms with van der Waals surface area (Å²) in [5.74, 6) is -1.40. The summed E-state index contributed by atoms with van der Waals surface area (Å²) in [6.07, 6.45) is 0. The molecule has 90 valence electrons. The van der Waals surface area contributed by atoms with Gasteiger partial charge < -0.3 is 10.1 Å². The number of thiazole rings is 1. The normalized spacial score (nSPS) is 10.9. The summed E-state index contributed by atoms with van der Waals surface area (Å²) < 4.78 is 13.3. The van der Waals surface area contributed by atoms with Crippen LogP contribution in [0.3, 0.4) is 0 Å². The number of nitrogens with zero attached hydrogens (tertiary/aromatic N) is 2. The minimum Gasteiger partial charge on any atom is -0.478 e. The fourth-order valence-corrected chi connectivity index (χ4v) is 2.23. The number of hydrogen-bond acceptors (Lipinski definition) is 4. The molecule has 0 saturated carbocycles. The van der Waals surface area contributed by atoms with E-state index in [1.54, 1.807) is 10.9 Å². The van der Waals surface area contributed by atoms with Gasteiger partial charge in [-0.1, -0.05) is 0 Å². The summed E-state index contributed by atoms with van der Waals surface area (Å²) >= 11 is 1.40. The maximum absolute atomic E-state index is 13.3. The van der Waals surface area contributed by atoms with Crippen molar-refractivity contribution in [2.24, 2.45) is 0 Å². The molecule has 0 radical (unpaired) electrons.